The van der Waals surface area contributed by atoms with Crippen LogP contribution in [0.25, 0.3) is 0 Å². The standard InChI is InChI=1S/C17H24N2O7/c1-5-11(7-9-15(20)21)25-12-6-8-13(14(10-12)19(23)24)18-16(22)26-17(2,3)4/h6,8,10-11H,5,7,9H2,1-4H3,(H,18,22)(H,20,21). The number of ether oxygens (including phenoxy) is 2. The number of nitrogens with one attached hydrogen (secondary N) is 1. The van der Waals surface area contributed by atoms with Gasteiger partial charge < -0.3 is 14.6 Å². The van der Waals surface area contributed by atoms with Crippen molar-refractivity contribution < 1.29 is 29.1 Å². The van der Waals surface area contributed by atoms with Gasteiger partial charge in [-0.25, -0.2) is 4.79 Å². The molecule has 144 valence electrons. The van der Waals surface area contributed by atoms with Crippen molar-refractivity contribution in [3.63, 3.8) is 0 Å². The number of benzene rings is 1. The number of carboxylic acid groups (broad SMARTS) is 1. The molecule has 0 spiro atoms. The molecule has 1 rings (SSSR count). The van der Waals surface area contributed by atoms with Crippen LogP contribution in [0.3, 0.4) is 0 Å². The molecule has 0 aliphatic heterocycles. The lowest BCUT2D eigenvalue weighted by atomic mass is 10.1. The Kier molecular flexibility index (Phi) is 7.36. The van der Waals surface area contributed by atoms with Crippen molar-refractivity contribution in [1.82, 2.24) is 0 Å². The van der Waals surface area contributed by atoms with Crippen LogP contribution in [0.4, 0.5) is 16.2 Å². The average Bonchev–Trinajstić information content (AvgIpc) is 2.50. The Hall–Kier alpha value is -2.84. The molecule has 1 amide bonds. The maximum Gasteiger partial charge on any atom is 0.412 e. The molecular formula is C17H24N2O7. The van der Waals surface area contributed by atoms with Crippen LogP contribution in [0.5, 0.6) is 5.75 Å². The van der Waals surface area contributed by atoms with Gasteiger partial charge in [0.25, 0.3) is 5.69 Å². The van der Waals surface area contributed by atoms with Gasteiger partial charge in [-0.05, 0) is 45.7 Å². The number of nitro groups is 1. The van der Waals surface area contributed by atoms with E-state index in [-0.39, 0.29) is 36.1 Å². The number of anilines is 1. The molecule has 0 heterocycles. The molecule has 1 unspecified atom stereocenters. The Labute approximate surface area is 151 Å². The predicted octanol–water partition coefficient (Wildman–Crippen LogP) is 3.96. The molecule has 1 aromatic carbocycles. The first kappa shape index (κ1) is 21.2. The first-order valence-corrected chi connectivity index (χ1v) is 8.18. The second-order valence-electron chi connectivity index (χ2n) is 6.64. The molecule has 0 aromatic heterocycles. The Morgan fingerprint density at radius 3 is 2.50 bits per heavy atom. The lowest BCUT2D eigenvalue weighted by Gasteiger charge is -2.20. The van der Waals surface area contributed by atoms with E-state index in [2.05, 4.69) is 5.32 Å². The smallest absolute Gasteiger partial charge is 0.412 e. The molecule has 0 aliphatic carbocycles. The summed E-state index contributed by atoms with van der Waals surface area (Å²) in [4.78, 5) is 33.1. The summed E-state index contributed by atoms with van der Waals surface area (Å²) in [6.45, 7) is 6.87. The molecule has 2 N–H and O–H groups in total. The third-order valence-corrected chi connectivity index (χ3v) is 3.24. The Bertz CT molecular complexity index is 668. The second kappa shape index (κ2) is 9.02. The van der Waals surface area contributed by atoms with E-state index in [1.54, 1.807) is 20.8 Å². The SMILES string of the molecule is CCC(CCC(=O)O)Oc1ccc(NC(=O)OC(C)(C)C)c([N+](=O)[O-])c1. The van der Waals surface area contributed by atoms with Crippen LogP contribution in [-0.4, -0.2) is 33.8 Å². The number of nitro benzene ring substituents is 1. The Morgan fingerprint density at radius 1 is 1.35 bits per heavy atom. The van der Waals surface area contributed by atoms with Gasteiger partial charge >= 0.3 is 12.1 Å². The molecule has 9 heteroatoms. The molecule has 0 saturated heterocycles. The van der Waals surface area contributed by atoms with Crippen molar-refractivity contribution in [2.45, 2.75) is 58.7 Å². The Balaban J connectivity index is 2.92. The van der Waals surface area contributed by atoms with Crippen LogP contribution in [0, 0.1) is 10.1 Å². The highest BCUT2D eigenvalue weighted by atomic mass is 16.6. The largest absolute Gasteiger partial charge is 0.490 e. The molecule has 0 radical (unpaired) electrons. The van der Waals surface area contributed by atoms with Gasteiger partial charge in [0.05, 0.1) is 17.1 Å². The topological polar surface area (TPSA) is 128 Å². The monoisotopic (exact) mass is 368 g/mol. The van der Waals surface area contributed by atoms with Crippen molar-refractivity contribution in [2.75, 3.05) is 5.32 Å². The van der Waals surface area contributed by atoms with Crippen LogP contribution < -0.4 is 10.1 Å². The van der Waals surface area contributed by atoms with Crippen LogP contribution in [0.1, 0.15) is 47.0 Å². The zero-order chi connectivity index (χ0) is 19.9. The van der Waals surface area contributed by atoms with Gasteiger partial charge in [-0.3, -0.25) is 20.2 Å². The highest BCUT2D eigenvalue weighted by Gasteiger charge is 2.22. The summed E-state index contributed by atoms with van der Waals surface area (Å²) in [6.07, 6.45) is -0.396. The lowest BCUT2D eigenvalue weighted by Crippen LogP contribution is -2.27. The number of rotatable bonds is 8. The summed E-state index contributed by atoms with van der Waals surface area (Å²) in [5.74, 6) is -0.710. The van der Waals surface area contributed by atoms with Crippen molar-refractivity contribution >= 4 is 23.4 Å². The van der Waals surface area contributed by atoms with Gasteiger partial charge in [-0.2, -0.15) is 0 Å². The van der Waals surface area contributed by atoms with Crippen molar-refractivity contribution in [3.05, 3.63) is 28.3 Å². The molecular weight excluding hydrogens is 344 g/mol. The van der Waals surface area contributed by atoms with E-state index in [1.807, 2.05) is 6.92 Å². The Morgan fingerprint density at radius 2 is 2.00 bits per heavy atom. The fourth-order valence-electron chi connectivity index (χ4n) is 2.08. The average molecular weight is 368 g/mol. The van der Waals surface area contributed by atoms with E-state index in [4.69, 9.17) is 14.6 Å². The fourth-order valence-corrected chi connectivity index (χ4v) is 2.08. The van der Waals surface area contributed by atoms with E-state index in [0.29, 0.717) is 6.42 Å². The summed E-state index contributed by atoms with van der Waals surface area (Å²) in [5.41, 5.74) is -1.10. The van der Waals surface area contributed by atoms with Crippen LogP contribution >= 0.6 is 0 Å². The predicted molar refractivity (Wildman–Crippen MR) is 94.5 cm³/mol. The fraction of sp³-hybridized carbons (Fsp3) is 0.529. The number of hydrogen-bond donors (Lipinski definition) is 2. The van der Waals surface area contributed by atoms with Crippen LogP contribution in [0.15, 0.2) is 18.2 Å². The zero-order valence-corrected chi connectivity index (χ0v) is 15.3. The summed E-state index contributed by atoms with van der Waals surface area (Å²) >= 11 is 0. The van der Waals surface area contributed by atoms with E-state index < -0.39 is 22.6 Å². The minimum atomic E-state index is -0.935. The third kappa shape index (κ3) is 7.37. The maximum absolute atomic E-state index is 11.8. The van der Waals surface area contributed by atoms with Gasteiger partial charge in [-0.15, -0.1) is 0 Å². The molecule has 0 saturated carbocycles. The molecule has 9 nitrogen and oxygen atoms in total. The molecule has 1 aromatic rings. The van der Waals surface area contributed by atoms with E-state index in [9.17, 15) is 19.7 Å². The number of carboxylic acids is 1. The molecule has 0 fully saturated rings. The van der Waals surface area contributed by atoms with Gasteiger partial charge in [0.15, 0.2) is 0 Å². The maximum atomic E-state index is 11.8. The van der Waals surface area contributed by atoms with Crippen molar-refractivity contribution in [2.24, 2.45) is 0 Å². The minimum Gasteiger partial charge on any atom is -0.490 e. The van der Waals surface area contributed by atoms with Gasteiger partial charge in [0, 0.05) is 6.42 Å². The number of nitrogens with zero attached hydrogens (tertiary/aromatic N) is 1. The number of carbonyl (C=O) groups excluding carboxylic acids is 1. The van der Waals surface area contributed by atoms with Crippen LogP contribution in [-0.2, 0) is 9.53 Å². The first-order valence-electron chi connectivity index (χ1n) is 8.18. The zero-order valence-electron chi connectivity index (χ0n) is 15.3. The van der Waals surface area contributed by atoms with E-state index >= 15 is 0 Å². The highest BCUT2D eigenvalue weighted by Crippen LogP contribution is 2.30. The normalized spacial score (nSPS) is 12.2. The molecule has 0 bridgehead atoms. The summed E-state index contributed by atoms with van der Waals surface area (Å²) in [7, 11) is 0. The number of carbonyl (C=O) groups is 2. The number of amides is 1. The second-order valence-corrected chi connectivity index (χ2v) is 6.64. The van der Waals surface area contributed by atoms with Gasteiger partial charge in [-0.1, -0.05) is 6.92 Å². The van der Waals surface area contributed by atoms with E-state index in [0.717, 1.165) is 0 Å². The summed E-state index contributed by atoms with van der Waals surface area (Å²) in [5, 5.41) is 22.4. The van der Waals surface area contributed by atoms with Gasteiger partial charge in [0.1, 0.15) is 17.0 Å². The molecule has 26 heavy (non-hydrogen) atoms. The summed E-state index contributed by atoms with van der Waals surface area (Å²) < 4.78 is 10.7. The number of aliphatic carboxylic acids is 1. The van der Waals surface area contributed by atoms with Crippen molar-refractivity contribution in [3.8, 4) is 5.75 Å². The third-order valence-electron chi connectivity index (χ3n) is 3.24. The molecule has 1 atom stereocenters. The molecule has 0 aliphatic rings. The van der Waals surface area contributed by atoms with Gasteiger partial charge in [0.2, 0.25) is 0 Å². The number of hydrogen-bond acceptors (Lipinski definition) is 6. The van der Waals surface area contributed by atoms with E-state index in [1.165, 1.54) is 18.2 Å². The highest BCUT2D eigenvalue weighted by molar-refractivity contribution is 5.88. The quantitative estimate of drug-likeness (QED) is 0.525. The summed E-state index contributed by atoms with van der Waals surface area (Å²) in [6, 6.07) is 4.01. The lowest BCUT2D eigenvalue weighted by molar-refractivity contribution is -0.384. The van der Waals surface area contributed by atoms with Crippen LogP contribution in [0.2, 0.25) is 0 Å². The van der Waals surface area contributed by atoms with Crippen molar-refractivity contribution in [1.29, 1.82) is 0 Å². The first-order chi connectivity index (χ1) is 12.0. The minimum absolute atomic E-state index is 0.0183.